The number of carbonyl (C=O) groups excluding carboxylic acids is 1. The summed E-state index contributed by atoms with van der Waals surface area (Å²) in [7, 11) is 0. The van der Waals surface area contributed by atoms with Crippen molar-refractivity contribution in [3.05, 3.63) is 84.0 Å². The maximum Gasteiger partial charge on any atom is 0.189 e. The van der Waals surface area contributed by atoms with Crippen molar-refractivity contribution in [2.75, 3.05) is 0 Å². The van der Waals surface area contributed by atoms with E-state index >= 15 is 0 Å². The average molecular weight is 336 g/mol. The minimum atomic E-state index is -0.388. The van der Waals surface area contributed by atoms with Crippen LogP contribution in [0.15, 0.2) is 61.7 Å². The normalized spacial score (nSPS) is 10.7. The SMILES string of the molecule is C=CCc1cc(C=CC(=O)c2ccc(O)c(CC=C)c2O)ccc1O. The molecule has 0 saturated carbocycles. The molecule has 25 heavy (non-hydrogen) atoms. The molecule has 0 unspecified atom stereocenters. The highest BCUT2D eigenvalue weighted by molar-refractivity contribution is 6.09. The first kappa shape index (κ1) is 18.1. The lowest BCUT2D eigenvalue weighted by Crippen LogP contribution is -1.98. The standard InChI is InChI=1S/C21H20O4/c1-3-5-15-13-14(7-10-18(15)22)8-11-19(23)17-9-12-20(24)16(6-4-2)21(17)25/h3-4,7-13,22,24-25H,1-2,5-6H2. The number of phenols is 3. The van der Waals surface area contributed by atoms with E-state index < -0.39 is 0 Å². The molecule has 2 aromatic carbocycles. The Morgan fingerprint density at radius 3 is 2.32 bits per heavy atom. The molecule has 0 aliphatic heterocycles. The van der Waals surface area contributed by atoms with E-state index in [2.05, 4.69) is 13.2 Å². The summed E-state index contributed by atoms with van der Waals surface area (Å²) in [5, 5.41) is 29.7. The van der Waals surface area contributed by atoms with E-state index in [1.54, 1.807) is 30.4 Å². The van der Waals surface area contributed by atoms with Crippen molar-refractivity contribution < 1.29 is 20.1 Å². The lowest BCUT2D eigenvalue weighted by atomic mass is 10.0. The fourth-order valence-corrected chi connectivity index (χ4v) is 2.46. The van der Waals surface area contributed by atoms with Crippen LogP contribution in [0.25, 0.3) is 6.08 Å². The van der Waals surface area contributed by atoms with E-state index in [1.807, 2.05) is 0 Å². The molecule has 128 valence electrons. The van der Waals surface area contributed by atoms with Crippen LogP contribution < -0.4 is 0 Å². The van der Waals surface area contributed by atoms with Crippen LogP contribution in [0.3, 0.4) is 0 Å². The molecule has 0 spiro atoms. The zero-order valence-corrected chi connectivity index (χ0v) is 13.8. The lowest BCUT2D eigenvalue weighted by molar-refractivity contribution is 0.104. The van der Waals surface area contributed by atoms with E-state index in [4.69, 9.17) is 0 Å². The number of hydrogen-bond acceptors (Lipinski definition) is 4. The Bertz CT molecular complexity index is 847. The number of phenolic OH excluding ortho intramolecular Hbond substituents is 3. The van der Waals surface area contributed by atoms with Crippen LogP contribution in [0.1, 0.15) is 27.0 Å². The Morgan fingerprint density at radius 1 is 0.960 bits per heavy atom. The van der Waals surface area contributed by atoms with E-state index in [1.165, 1.54) is 24.3 Å². The van der Waals surface area contributed by atoms with E-state index in [0.717, 1.165) is 5.56 Å². The molecule has 4 nitrogen and oxygen atoms in total. The molecular formula is C21H20O4. The number of ketones is 1. The molecule has 0 saturated heterocycles. The van der Waals surface area contributed by atoms with Gasteiger partial charge in [0.05, 0.1) is 5.56 Å². The van der Waals surface area contributed by atoms with Gasteiger partial charge in [-0.2, -0.15) is 0 Å². The largest absolute Gasteiger partial charge is 0.508 e. The minimum Gasteiger partial charge on any atom is -0.508 e. The molecule has 0 bridgehead atoms. The topological polar surface area (TPSA) is 77.8 Å². The molecule has 0 amide bonds. The molecule has 2 rings (SSSR count). The Hall–Kier alpha value is -3.27. The first-order valence-electron chi connectivity index (χ1n) is 7.77. The first-order valence-corrected chi connectivity index (χ1v) is 7.77. The Balaban J connectivity index is 2.29. The maximum absolute atomic E-state index is 12.4. The number of allylic oxidation sites excluding steroid dienone is 3. The molecule has 0 aliphatic carbocycles. The molecule has 2 aromatic rings. The zero-order valence-electron chi connectivity index (χ0n) is 13.8. The van der Waals surface area contributed by atoms with Crippen molar-refractivity contribution >= 4 is 11.9 Å². The molecule has 0 atom stereocenters. The molecule has 0 aromatic heterocycles. The van der Waals surface area contributed by atoms with Crippen LogP contribution in [-0.2, 0) is 12.8 Å². The second-order valence-corrected chi connectivity index (χ2v) is 5.53. The second-order valence-electron chi connectivity index (χ2n) is 5.53. The molecule has 0 fully saturated rings. The lowest BCUT2D eigenvalue weighted by Gasteiger charge is -2.08. The number of benzene rings is 2. The summed E-state index contributed by atoms with van der Waals surface area (Å²) in [5.41, 5.74) is 1.83. The van der Waals surface area contributed by atoms with Crippen LogP contribution in [-0.4, -0.2) is 21.1 Å². The van der Waals surface area contributed by atoms with E-state index in [9.17, 15) is 20.1 Å². The molecule has 0 aliphatic rings. The van der Waals surface area contributed by atoms with Gasteiger partial charge in [-0.3, -0.25) is 4.79 Å². The third-order valence-corrected chi connectivity index (χ3v) is 3.77. The molecule has 3 N–H and O–H groups in total. The molecule has 4 heteroatoms. The predicted octanol–water partition coefficient (Wildman–Crippen LogP) is 4.16. The van der Waals surface area contributed by atoms with Crippen LogP contribution in [0, 0.1) is 0 Å². The van der Waals surface area contributed by atoms with E-state index in [0.29, 0.717) is 12.0 Å². The first-order chi connectivity index (χ1) is 12.0. The summed E-state index contributed by atoms with van der Waals surface area (Å²) in [6.45, 7) is 7.21. The van der Waals surface area contributed by atoms with Crippen molar-refractivity contribution in [3.8, 4) is 17.2 Å². The van der Waals surface area contributed by atoms with E-state index in [-0.39, 0.29) is 40.6 Å². The number of carbonyl (C=O) groups is 1. The number of aromatic hydroxyl groups is 3. The molecular weight excluding hydrogens is 316 g/mol. The van der Waals surface area contributed by atoms with Gasteiger partial charge in [0.1, 0.15) is 17.2 Å². The van der Waals surface area contributed by atoms with Gasteiger partial charge in [-0.1, -0.05) is 24.3 Å². The number of hydrogen-bond donors (Lipinski definition) is 3. The second kappa shape index (κ2) is 8.02. The number of rotatable bonds is 7. The quantitative estimate of drug-likeness (QED) is 0.403. The van der Waals surface area contributed by atoms with Gasteiger partial charge in [0, 0.05) is 5.56 Å². The summed E-state index contributed by atoms with van der Waals surface area (Å²) in [5.74, 6) is -0.534. The van der Waals surface area contributed by atoms with Crippen LogP contribution >= 0.6 is 0 Å². The summed E-state index contributed by atoms with van der Waals surface area (Å²) >= 11 is 0. The van der Waals surface area contributed by atoms with Crippen molar-refractivity contribution in [1.82, 2.24) is 0 Å². The van der Waals surface area contributed by atoms with Gasteiger partial charge in [-0.15, -0.1) is 13.2 Å². The highest BCUT2D eigenvalue weighted by atomic mass is 16.3. The third-order valence-electron chi connectivity index (χ3n) is 3.77. The molecule has 0 radical (unpaired) electrons. The smallest absolute Gasteiger partial charge is 0.189 e. The zero-order chi connectivity index (χ0) is 18.4. The van der Waals surface area contributed by atoms with Crippen molar-refractivity contribution in [1.29, 1.82) is 0 Å². The summed E-state index contributed by atoms with van der Waals surface area (Å²) < 4.78 is 0. The van der Waals surface area contributed by atoms with Gasteiger partial charge in [0.15, 0.2) is 5.78 Å². The Labute approximate surface area is 146 Å². The van der Waals surface area contributed by atoms with Gasteiger partial charge in [0.2, 0.25) is 0 Å². The predicted molar refractivity (Wildman–Crippen MR) is 99.0 cm³/mol. The Morgan fingerprint density at radius 2 is 1.64 bits per heavy atom. The highest BCUT2D eigenvalue weighted by Gasteiger charge is 2.15. The van der Waals surface area contributed by atoms with Gasteiger partial charge in [0.25, 0.3) is 0 Å². The average Bonchev–Trinajstić information content (AvgIpc) is 2.59. The van der Waals surface area contributed by atoms with Crippen molar-refractivity contribution in [2.45, 2.75) is 12.8 Å². The van der Waals surface area contributed by atoms with Gasteiger partial charge < -0.3 is 15.3 Å². The maximum atomic E-state index is 12.4. The van der Waals surface area contributed by atoms with Crippen molar-refractivity contribution in [2.24, 2.45) is 0 Å². The molecule has 0 heterocycles. The summed E-state index contributed by atoms with van der Waals surface area (Å²) in [6, 6.07) is 7.77. The summed E-state index contributed by atoms with van der Waals surface area (Å²) in [4.78, 5) is 12.4. The van der Waals surface area contributed by atoms with Crippen LogP contribution in [0.2, 0.25) is 0 Å². The minimum absolute atomic E-state index is 0.0782. The Kier molecular flexibility index (Phi) is 5.79. The highest BCUT2D eigenvalue weighted by Crippen LogP contribution is 2.31. The van der Waals surface area contributed by atoms with Crippen LogP contribution in [0.4, 0.5) is 0 Å². The fourth-order valence-electron chi connectivity index (χ4n) is 2.46. The van der Waals surface area contributed by atoms with Gasteiger partial charge in [-0.25, -0.2) is 0 Å². The third kappa shape index (κ3) is 4.18. The van der Waals surface area contributed by atoms with Crippen molar-refractivity contribution in [3.63, 3.8) is 0 Å². The fraction of sp³-hybridized carbons (Fsp3) is 0.0952. The van der Waals surface area contributed by atoms with Gasteiger partial charge in [-0.05, 0) is 54.3 Å². The summed E-state index contributed by atoms with van der Waals surface area (Å²) in [6.07, 6.45) is 6.94. The monoisotopic (exact) mass is 336 g/mol. The van der Waals surface area contributed by atoms with Crippen LogP contribution in [0.5, 0.6) is 17.2 Å². The van der Waals surface area contributed by atoms with Gasteiger partial charge >= 0.3 is 0 Å².